The van der Waals surface area contributed by atoms with Crippen LogP contribution < -0.4 is 29.6 Å². The summed E-state index contributed by atoms with van der Waals surface area (Å²) in [6.45, 7) is 27.1. The summed E-state index contributed by atoms with van der Waals surface area (Å²) in [5.41, 5.74) is 7.95. The van der Waals surface area contributed by atoms with Gasteiger partial charge < -0.3 is 90.7 Å². The van der Waals surface area contributed by atoms with Crippen molar-refractivity contribution in [3.8, 4) is 0 Å². The van der Waals surface area contributed by atoms with Crippen LogP contribution >= 0.6 is 108 Å². The van der Waals surface area contributed by atoms with E-state index in [1.165, 1.54) is 53.8 Å². The van der Waals surface area contributed by atoms with Crippen molar-refractivity contribution in [2.24, 2.45) is 0 Å². The number of carboxylic acids is 1. The minimum absolute atomic E-state index is 0. The summed E-state index contributed by atoms with van der Waals surface area (Å²) in [4.78, 5) is 122. The molecule has 0 spiro atoms. The summed E-state index contributed by atoms with van der Waals surface area (Å²) in [7, 11) is 8.62. The van der Waals surface area contributed by atoms with Crippen LogP contribution in [0.5, 0.6) is 0 Å². The first-order valence-electron chi connectivity index (χ1n) is 39.8. The molecule has 5 aromatic rings. The number of alkyl halides is 3. The number of methoxy groups -OCH3 is 4. The van der Waals surface area contributed by atoms with Crippen molar-refractivity contribution >= 4 is 179 Å². The predicted octanol–water partition coefficient (Wildman–Crippen LogP) is 19.6. The molecule has 4 aliphatic heterocycles. The fourth-order valence-electron chi connectivity index (χ4n) is 11.5. The maximum atomic E-state index is 12.2. The van der Waals surface area contributed by atoms with Gasteiger partial charge in [-0.3, -0.25) is 9.36 Å². The second-order valence-electron chi connectivity index (χ2n) is 32.1. The number of halogens is 6. The molecule has 2 N–H and O–H groups in total. The number of esters is 4. The smallest absolute Gasteiger partial charge is 0.870 e. The van der Waals surface area contributed by atoms with Gasteiger partial charge in [0.1, 0.15) is 28.2 Å². The average molecular weight is 2230 g/mol. The SMILES string of the molecule is BrBr.CC(C)(C)OC(=O)N1CCC(=C(Br)c2ccc(C(=O)O)cc2)CC1.CC(C)(C)OC(=O)N1CCC(=O)CC1.COC(=O)c1ccc(C(Br)C2(Br)CCN(C(=O)OC(C)(C)C)CC2)cc1.COC(=O)c1ccc(C=C2CCN(C(=O)OC(C)(C)C)CC2)cc1.COC(=O)c1ccc(CBr)cc1.COC(=O)c1ccc(CP(=O)(OC)OC)cc1.COP(OC)OC.[Na+].[OH-]. The Balaban J connectivity index is 0.00000150. The third kappa shape index (κ3) is 46.6. The van der Waals surface area contributed by atoms with E-state index in [1.807, 2.05) is 119 Å². The van der Waals surface area contributed by atoms with Crippen LogP contribution in [0.4, 0.5) is 19.2 Å². The number of carbonyl (C=O) groups is 10. The summed E-state index contributed by atoms with van der Waals surface area (Å²) < 4.78 is 76.3. The van der Waals surface area contributed by atoms with Crippen molar-refractivity contribution in [3.63, 3.8) is 0 Å². The molecular weight excluding hydrogens is 2110 g/mol. The maximum Gasteiger partial charge on any atom is 1.00 e. The van der Waals surface area contributed by atoms with E-state index in [4.69, 9.17) is 42.6 Å². The molecule has 5 aromatic carbocycles. The number of carboxylic acid groups (broad SMARTS) is 1. The van der Waals surface area contributed by atoms with Crippen LogP contribution in [0.15, 0.2) is 132 Å². The molecular formula is C89H123Br6N4NaO26P2. The third-order valence-electron chi connectivity index (χ3n) is 18.1. The molecule has 9 rings (SSSR count). The first kappa shape index (κ1) is 122. The molecule has 0 bridgehead atoms. The fourth-order valence-corrected chi connectivity index (χ4v) is 15.4. The number of hydrogen-bond donors (Lipinski definition) is 1. The number of rotatable bonds is 17. The van der Waals surface area contributed by atoms with E-state index in [2.05, 4.69) is 121 Å². The Morgan fingerprint density at radius 2 is 0.742 bits per heavy atom. The number of Topliss-reactive ketones (excluding diaryl/α,β-unsaturated/α-hetero) is 1. The number of nitrogens with zero attached hydrogens (tertiary/aromatic N) is 4. The number of aromatic carboxylic acids is 1. The molecule has 4 aliphatic rings. The number of hydrogen-bond acceptors (Lipinski definition) is 25. The van der Waals surface area contributed by atoms with Gasteiger partial charge >= 0.3 is 100.0 Å². The van der Waals surface area contributed by atoms with E-state index >= 15 is 0 Å². The average Bonchev–Trinajstić information content (AvgIpc) is 0.781. The molecule has 1 unspecified atom stereocenters. The summed E-state index contributed by atoms with van der Waals surface area (Å²) in [5.74, 6) is -2.09. The van der Waals surface area contributed by atoms with E-state index < -0.39 is 50.5 Å². The molecule has 0 saturated carbocycles. The van der Waals surface area contributed by atoms with Gasteiger partial charge in [-0.2, -0.15) is 0 Å². The third-order valence-corrected chi connectivity index (χ3v) is 25.8. The van der Waals surface area contributed by atoms with E-state index in [-0.39, 0.29) is 104 Å². The number of benzene rings is 5. The van der Waals surface area contributed by atoms with Gasteiger partial charge in [-0.1, -0.05) is 142 Å². The van der Waals surface area contributed by atoms with Gasteiger partial charge in [0.25, 0.3) is 0 Å². The van der Waals surface area contributed by atoms with Crippen molar-refractivity contribution in [2.45, 2.75) is 177 Å². The maximum absolute atomic E-state index is 12.2. The number of piperidine rings is 4. The number of ketones is 1. The summed E-state index contributed by atoms with van der Waals surface area (Å²) in [6, 6.07) is 35.4. The van der Waals surface area contributed by atoms with E-state index in [0.717, 1.165) is 76.2 Å². The summed E-state index contributed by atoms with van der Waals surface area (Å²) in [5, 5.41) is 9.75. The number of amides is 4. The Bertz CT molecular complexity index is 4340. The van der Waals surface area contributed by atoms with Crippen LogP contribution in [-0.2, 0) is 81.4 Å². The van der Waals surface area contributed by atoms with E-state index in [9.17, 15) is 52.5 Å². The Kier molecular flexibility index (Phi) is 58.1. The molecule has 0 aromatic heterocycles. The van der Waals surface area contributed by atoms with Crippen LogP contribution in [0.2, 0.25) is 0 Å². The van der Waals surface area contributed by atoms with Gasteiger partial charge in [-0.25, -0.2) is 43.2 Å². The first-order valence-corrected chi connectivity index (χ1v) is 49.9. The van der Waals surface area contributed by atoms with Crippen molar-refractivity contribution < 1.29 is 153 Å². The Morgan fingerprint density at radius 3 is 1.04 bits per heavy atom. The standard InChI is InChI=1S/C19H25Br2NO4.C19H25NO4.C18H22BrNO4.C11H15O5P.C10H17NO3.C9H9BrO2.C3H9O3P.Br2.Na.H2O/c1-18(2,3)26-17(24)22-11-9-19(21,10-12-22)15(20)13-5-7-14(8-6-13)16(23)25-4;1-19(2,3)24-18(22)20-11-9-15(10-12-20)13-14-5-7-16(8-6-14)17(21)23-4;1-18(2,3)24-17(23)20-10-8-13(9-11-20)15(19)12-4-6-14(7-5-12)16(21)22;1-14-11(12)10-6-4-9(5-7-10)8-17(13,15-2)16-3;1-10(2,3)14-9(13)11-6-4-8(12)5-7-11;1-12-9(11)8-4-2-7(6-10)3-5-8;1-4-7(5-2)6-3;1-2;;/h5-8,15H,9-12H2,1-4H3;5-8,13H,9-12H2,1-4H3;4-7H,8-11H2,1-3H3,(H,21,22);4-7H,8H2,1-3H3;4-7H2,1-3H3;2-5H,6H2,1H3;1-3H3;;;1H2/q;;;;;;;;+1;/p-1. The largest absolute Gasteiger partial charge is 1.00 e. The quantitative estimate of drug-likeness (QED) is 0.0297. The Morgan fingerprint density at radius 1 is 0.453 bits per heavy atom. The number of carbonyl (C=O) groups excluding carboxylic acids is 9. The zero-order valence-corrected chi connectivity index (χ0v) is 90.4. The number of ether oxygens (including phenoxy) is 8. The van der Waals surface area contributed by atoms with Crippen molar-refractivity contribution in [3.05, 3.63) is 188 Å². The van der Waals surface area contributed by atoms with Gasteiger partial charge in [0, 0.05) is 143 Å². The van der Waals surface area contributed by atoms with Crippen LogP contribution in [0.25, 0.3) is 10.6 Å². The summed E-state index contributed by atoms with van der Waals surface area (Å²) >= 11 is 20.1. The van der Waals surface area contributed by atoms with Gasteiger partial charge in [-0.05, 0) is 210 Å². The minimum atomic E-state index is -3.06. The molecule has 1 atom stereocenters. The van der Waals surface area contributed by atoms with Gasteiger partial charge in [0.05, 0.1) is 67.2 Å². The van der Waals surface area contributed by atoms with Crippen molar-refractivity contribution in [2.75, 3.05) is 116 Å². The minimum Gasteiger partial charge on any atom is -0.870 e. The van der Waals surface area contributed by atoms with E-state index in [1.54, 1.807) is 126 Å². The second-order valence-corrected chi connectivity index (χ2v) is 39.7. The fraction of sp³-hybridized carbons (Fsp3) is 0.506. The zero-order chi connectivity index (χ0) is 95.5. The molecule has 0 radical (unpaired) electrons. The normalized spacial score (nSPS) is 14.3. The molecule has 30 nitrogen and oxygen atoms in total. The van der Waals surface area contributed by atoms with Gasteiger partial charge in [0.15, 0.2) is 0 Å². The zero-order valence-electron chi connectivity index (χ0n) is 77.1. The van der Waals surface area contributed by atoms with Gasteiger partial charge in [-0.15, -0.1) is 0 Å². The van der Waals surface area contributed by atoms with Crippen LogP contribution in [0, 0.1) is 0 Å². The molecule has 708 valence electrons. The van der Waals surface area contributed by atoms with Crippen molar-refractivity contribution in [1.29, 1.82) is 0 Å². The second kappa shape index (κ2) is 61.0. The first-order chi connectivity index (χ1) is 59.1. The van der Waals surface area contributed by atoms with Crippen LogP contribution in [0.1, 0.15) is 219 Å². The molecule has 128 heavy (non-hydrogen) atoms. The molecule has 39 heteroatoms. The Labute approximate surface area is 826 Å². The summed E-state index contributed by atoms with van der Waals surface area (Å²) in [6.07, 6.45) is 6.88. The molecule has 4 saturated heterocycles. The molecule has 4 fully saturated rings. The molecule has 0 aliphatic carbocycles. The molecule has 4 heterocycles. The Hall–Kier alpha value is -6.02. The van der Waals surface area contributed by atoms with Crippen LogP contribution in [0.3, 0.4) is 0 Å². The number of likely N-dealkylation sites (tertiary alicyclic amines) is 4. The van der Waals surface area contributed by atoms with E-state index in [0.29, 0.717) is 87.5 Å². The van der Waals surface area contributed by atoms with Crippen molar-refractivity contribution in [1.82, 2.24) is 19.6 Å². The monoisotopic (exact) mass is 2220 g/mol. The topological polar surface area (TPSA) is 371 Å². The van der Waals surface area contributed by atoms with Crippen LogP contribution in [-0.4, -0.2) is 233 Å². The molecule has 4 amide bonds. The predicted molar refractivity (Wildman–Crippen MR) is 511 cm³/mol. The van der Waals surface area contributed by atoms with Gasteiger partial charge in [0.2, 0.25) is 0 Å².